The molecule has 1 atom stereocenters. The normalized spacial score (nSPS) is 24.7. The Balaban J connectivity index is 1.40. The summed E-state index contributed by atoms with van der Waals surface area (Å²) in [5, 5.41) is 8.22. The van der Waals surface area contributed by atoms with Gasteiger partial charge in [0.1, 0.15) is 11.5 Å². The molecular formula is C28H37FN6. The fourth-order valence-electron chi connectivity index (χ4n) is 5.64. The van der Waals surface area contributed by atoms with E-state index < -0.39 is 0 Å². The van der Waals surface area contributed by atoms with Gasteiger partial charge in [0.15, 0.2) is 0 Å². The average molecular weight is 477 g/mol. The van der Waals surface area contributed by atoms with Crippen LogP contribution in [0.2, 0.25) is 0 Å². The van der Waals surface area contributed by atoms with Crippen LogP contribution in [0.15, 0.2) is 35.6 Å². The van der Waals surface area contributed by atoms with Crippen molar-refractivity contribution in [2.45, 2.75) is 71.9 Å². The van der Waals surface area contributed by atoms with Crippen LogP contribution in [0.4, 0.5) is 16.0 Å². The lowest BCUT2D eigenvalue weighted by molar-refractivity contribution is 0.221. The van der Waals surface area contributed by atoms with Crippen molar-refractivity contribution in [3.63, 3.8) is 0 Å². The minimum absolute atomic E-state index is 0.0731. The molecule has 7 heteroatoms. The number of nitrogens with zero attached hydrogens (tertiary/aromatic N) is 5. The summed E-state index contributed by atoms with van der Waals surface area (Å²) in [6, 6.07) is 6.75. The lowest BCUT2D eigenvalue weighted by Gasteiger charge is -2.37. The molecule has 1 aliphatic heterocycles. The van der Waals surface area contributed by atoms with Crippen molar-refractivity contribution < 1.29 is 4.39 Å². The number of halogens is 1. The van der Waals surface area contributed by atoms with Gasteiger partial charge in [0.25, 0.3) is 0 Å². The van der Waals surface area contributed by atoms with Crippen LogP contribution in [0, 0.1) is 17.2 Å². The molecule has 35 heavy (non-hydrogen) atoms. The summed E-state index contributed by atoms with van der Waals surface area (Å²) in [7, 11) is 4.31. The highest BCUT2D eigenvalue weighted by atomic mass is 19.1. The van der Waals surface area contributed by atoms with E-state index in [0.717, 1.165) is 47.2 Å². The maximum absolute atomic E-state index is 15.2. The molecule has 1 aliphatic carbocycles. The molecule has 0 spiro atoms. The third kappa shape index (κ3) is 4.35. The molecule has 3 heterocycles. The van der Waals surface area contributed by atoms with E-state index in [-0.39, 0.29) is 11.2 Å². The van der Waals surface area contributed by atoms with Crippen LogP contribution in [0.5, 0.6) is 0 Å². The zero-order valence-electron chi connectivity index (χ0n) is 21.8. The Morgan fingerprint density at radius 2 is 1.91 bits per heavy atom. The molecular weight excluding hydrogens is 439 g/mol. The number of hydrogen-bond acceptors (Lipinski definition) is 5. The molecule has 1 fully saturated rings. The van der Waals surface area contributed by atoms with Crippen LogP contribution in [0.1, 0.15) is 58.9 Å². The highest BCUT2D eigenvalue weighted by Gasteiger charge is 2.36. The summed E-state index contributed by atoms with van der Waals surface area (Å²) in [6.07, 6.45) is 9.16. The third-order valence-corrected chi connectivity index (χ3v) is 8.57. The van der Waals surface area contributed by atoms with E-state index in [2.05, 4.69) is 61.1 Å². The second-order valence-corrected chi connectivity index (χ2v) is 11.2. The van der Waals surface area contributed by atoms with E-state index in [1.165, 1.54) is 12.8 Å². The van der Waals surface area contributed by atoms with Gasteiger partial charge in [-0.05, 0) is 88.4 Å². The van der Waals surface area contributed by atoms with Gasteiger partial charge in [0, 0.05) is 35.0 Å². The van der Waals surface area contributed by atoms with Crippen LogP contribution in [0.25, 0.3) is 16.6 Å². The largest absolute Gasteiger partial charge is 0.350 e. The molecule has 1 saturated carbocycles. The third-order valence-electron chi connectivity index (χ3n) is 8.57. The van der Waals surface area contributed by atoms with Gasteiger partial charge in [-0.15, -0.1) is 5.10 Å². The first kappa shape index (κ1) is 23.9. The van der Waals surface area contributed by atoms with Crippen LogP contribution in [-0.4, -0.2) is 51.4 Å². The molecule has 186 valence electrons. The standard InChI is InChI=1S/C28H37FN6/c1-17(2)28(4)15-20-13-19(14-24(29)26(20)31-18(28)3)23-11-12-35-25(23)16-30-27(33-35)32-21-7-9-22(10-8-21)34(5)6/h11-14,16-17,21-22H,7-10,15H2,1-6H3,(H,32,33)/t21?,22?,28-/m0/s1. The molecule has 0 amide bonds. The van der Waals surface area contributed by atoms with E-state index in [1.807, 2.05) is 29.9 Å². The van der Waals surface area contributed by atoms with Crippen molar-refractivity contribution in [2.24, 2.45) is 16.3 Å². The first-order valence-corrected chi connectivity index (χ1v) is 12.8. The number of anilines is 1. The molecule has 1 N–H and O–H groups in total. The molecule has 3 aromatic rings. The highest BCUT2D eigenvalue weighted by molar-refractivity contribution is 5.93. The Morgan fingerprint density at radius 3 is 2.60 bits per heavy atom. The second-order valence-electron chi connectivity index (χ2n) is 11.2. The molecule has 0 unspecified atom stereocenters. The van der Waals surface area contributed by atoms with Gasteiger partial charge in [0.05, 0.1) is 11.7 Å². The Bertz CT molecular complexity index is 1270. The van der Waals surface area contributed by atoms with Gasteiger partial charge in [-0.3, -0.25) is 4.99 Å². The summed E-state index contributed by atoms with van der Waals surface area (Å²) < 4.78 is 17.0. The van der Waals surface area contributed by atoms with E-state index >= 15 is 4.39 Å². The van der Waals surface area contributed by atoms with Gasteiger partial charge < -0.3 is 10.2 Å². The quantitative estimate of drug-likeness (QED) is 0.481. The van der Waals surface area contributed by atoms with E-state index in [9.17, 15) is 0 Å². The summed E-state index contributed by atoms with van der Waals surface area (Å²) in [6.45, 7) is 8.67. The Kier molecular flexibility index (Phi) is 6.16. The van der Waals surface area contributed by atoms with Gasteiger partial charge >= 0.3 is 0 Å². The predicted octanol–water partition coefficient (Wildman–Crippen LogP) is 6.13. The summed E-state index contributed by atoms with van der Waals surface area (Å²) in [5.74, 6) is 0.787. The number of aromatic nitrogens is 3. The second kappa shape index (κ2) is 9.01. The van der Waals surface area contributed by atoms with Crippen molar-refractivity contribution in [1.29, 1.82) is 0 Å². The fraction of sp³-hybridized carbons (Fsp3) is 0.536. The smallest absolute Gasteiger partial charge is 0.241 e. The molecule has 6 nitrogen and oxygen atoms in total. The zero-order chi connectivity index (χ0) is 24.9. The molecule has 0 radical (unpaired) electrons. The van der Waals surface area contributed by atoms with Crippen LogP contribution in [-0.2, 0) is 6.42 Å². The average Bonchev–Trinajstić information content (AvgIpc) is 3.24. The maximum Gasteiger partial charge on any atom is 0.241 e. The Hall–Kier alpha value is -2.80. The molecule has 1 aromatic carbocycles. The lowest BCUT2D eigenvalue weighted by atomic mass is 9.69. The predicted molar refractivity (Wildman–Crippen MR) is 141 cm³/mol. The van der Waals surface area contributed by atoms with Crippen LogP contribution >= 0.6 is 0 Å². The molecule has 2 aromatic heterocycles. The van der Waals surface area contributed by atoms with Crippen molar-refractivity contribution >= 4 is 22.9 Å². The summed E-state index contributed by atoms with van der Waals surface area (Å²) in [5.41, 5.74) is 5.03. The van der Waals surface area contributed by atoms with E-state index in [1.54, 1.807) is 6.07 Å². The zero-order valence-corrected chi connectivity index (χ0v) is 21.8. The molecule has 0 saturated heterocycles. The minimum atomic E-state index is -0.269. The number of rotatable bonds is 5. The highest BCUT2D eigenvalue weighted by Crippen LogP contribution is 2.43. The number of benzene rings is 1. The minimum Gasteiger partial charge on any atom is -0.350 e. The first-order valence-electron chi connectivity index (χ1n) is 12.8. The van der Waals surface area contributed by atoms with Crippen molar-refractivity contribution in [1.82, 2.24) is 19.5 Å². The van der Waals surface area contributed by atoms with Gasteiger partial charge in [-0.2, -0.15) is 0 Å². The van der Waals surface area contributed by atoms with E-state index in [0.29, 0.717) is 29.6 Å². The fourth-order valence-corrected chi connectivity index (χ4v) is 5.64. The van der Waals surface area contributed by atoms with E-state index in [4.69, 9.17) is 5.10 Å². The van der Waals surface area contributed by atoms with Crippen molar-refractivity contribution in [2.75, 3.05) is 19.4 Å². The van der Waals surface area contributed by atoms with Crippen molar-refractivity contribution in [3.8, 4) is 11.1 Å². The van der Waals surface area contributed by atoms with Gasteiger partial charge in [-0.1, -0.05) is 20.8 Å². The number of fused-ring (bicyclic) bond motifs is 2. The molecule has 0 bridgehead atoms. The Morgan fingerprint density at radius 1 is 1.17 bits per heavy atom. The maximum atomic E-state index is 15.2. The topological polar surface area (TPSA) is 57.8 Å². The molecule has 5 rings (SSSR count). The van der Waals surface area contributed by atoms with Gasteiger partial charge in [-0.25, -0.2) is 13.9 Å². The molecule has 2 aliphatic rings. The number of aliphatic imine (C=N–C) groups is 1. The monoisotopic (exact) mass is 476 g/mol. The number of nitrogens with one attached hydrogen (secondary N) is 1. The Labute approximate surface area is 207 Å². The number of hydrogen-bond donors (Lipinski definition) is 1. The first-order chi connectivity index (χ1) is 16.7. The summed E-state index contributed by atoms with van der Waals surface area (Å²) in [4.78, 5) is 11.6. The van der Waals surface area contributed by atoms with Crippen LogP contribution < -0.4 is 5.32 Å². The van der Waals surface area contributed by atoms with Gasteiger partial charge in [0.2, 0.25) is 5.95 Å². The van der Waals surface area contributed by atoms with Crippen molar-refractivity contribution in [3.05, 3.63) is 42.0 Å². The van der Waals surface area contributed by atoms with Crippen LogP contribution in [0.3, 0.4) is 0 Å². The lowest BCUT2D eigenvalue weighted by Crippen LogP contribution is -2.36. The summed E-state index contributed by atoms with van der Waals surface area (Å²) >= 11 is 0. The SMILES string of the molecule is CC1=Nc2c(F)cc(-c3ccn4nc(NC5CCC(N(C)C)CC5)ncc34)cc2C[C@@]1(C)C(C)C.